The summed E-state index contributed by atoms with van der Waals surface area (Å²) in [5.41, 5.74) is 0.970. The van der Waals surface area contributed by atoms with Gasteiger partial charge >= 0.3 is 11.8 Å². The number of rotatable bonds is 7. The third kappa shape index (κ3) is 5.61. The van der Waals surface area contributed by atoms with Gasteiger partial charge < -0.3 is 29.6 Å². The van der Waals surface area contributed by atoms with Gasteiger partial charge in [-0.1, -0.05) is 12.5 Å². The number of ether oxygens (including phenoxy) is 4. The predicted molar refractivity (Wildman–Crippen MR) is 106 cm³/mol. The summed E-state index contributed by atoms with van der Waals surface area (Å²) in [6.45, 7) is 1.05. The summed E-state index contributed by atoms with van der Waals surface area (Å²) in [5, 5.41) is 5.27. The quantitative estimate of drug-likeness (QED) is 0.668. The van der Waals surface area contributed by atoms with Crippen LogP contribution in [-0.4, -0.2) is 57.6 Å². The summed E-state index contributed by atoms with van der Waals surface area (Å²) in [5.74, 6) is -0.520. The molecule has 8 heteroatoms. The van der Waals surface area contributed by atoms with Gasteiger partial charge in [-0.25, -0.2) is 0 Å². The fourth-order valence-electron chi connectivity index (χ4n) is 3.79. The minimum absolute atomic E-state index is 0.211. The van der Waals surface area contributed by atoms with Crippen molar-refractivity contribution in [2.24, 2.45) is 0 Å². The lowest BCUT2D eigenvalue weighted by molar-refractivity contribution is -0.186. The number of nitrogens with one attached hydrogen (secondary N) is 2. The van der Waals surface area contributed by atoms with Gasteiger partial charge in [-0.15, -0.1) is 0 Å². The molecule has 8 nitrogen and oxygen atoms in total. The average molecular weight is 406 g/mol. The first-order valence-electron chi connectivity index (χ1n) is 10.1. The van der Waals surface area contributed by atoms with Crippen molar-refractivity contribution in [3.8, 4) is 11.5 Å². The molecule has 2 amide bonds. The first kappa shape index (κ1) is 21.4. The topological polar surface area (TPSA) is 95.1 Å². The molecule has 0 radical (unpaired) electrons. The van der Waals surface area contributed by atoms with E-state index in [1.165, 1.54) is 6.42 Å². The molecule has 2 aliphatic rings. The van der Waals surface area contributed by atoms with E-state index in [0.29, 0.717) is 31.1 Å². The van der Waals surface area contributed by atoms with Gasteiger partial charge in [-0.3, -0.25) is 9.59 Å². The number of benzene rings is 1. The first-order valence-corrected chi connectivity index (χ1v) is 10.1. The van der Waals surface area contributed by atoms with E-state index in [0.717, 1.165) is 31.2 Å². The molecule has 3 rings (SSSR count). The van der Waals surface area contributed by atoms with Crippen LogP contribution in [0.5, 0.6) is 11.5 Å². The summed E-state index contributed by atoms with van der Waals surface area (Å²) in [6, 6.07) is 5.56. The molecule has 1 atom stereocenters. The van der Waals surface area contributed by atoms with Gasteiger partial charge in [0.15, 0.2) is 17.3 Å². The maximum Gasteiger partial charge on any atom is 0.309 e. The van der Waals surface area contributed by atoms with Crippen molar-refractivity contribution < 1.29 is 28.5 Å². The zero-order valence-electron chi connectivity index (χ0n) is 17.1. The summed E-state index contributed by atoms with van der Waals surface area (Å²) in [7, 11) is 3.15. The molecule has 1 aliphatic carbocycles. The summed E-state index contributed by atoms with van der Waals surface area (Å²) >= 11 is 0. The fourth-order valence-corrected chi connectivity index (χ4v) is 3.79. The van der Waals surface area contributed by atoms with Crippen LogP contribution in [0.4, 0.5) is 0 Å². The molecular weight excluding hydrogens is 376 g/mol. The number of carbonyl (C=O) groups excluding carboxylic acids is 2. The van der Waals surface area contributed by atoms with Gasteiger partial charge in [-0.05, 0) is 37.0 Å². The van der Waals surface area contributed by atoms with Crippen LogP contribution < -0.4 is 20.1 Å². The molecule has 29 heavy (non-hydrogen) atoms. The van der Waals surface area contributed by atoms with Crippen molar-refractivity contribution in [2.75, 3.05) is 33.9 Å². The van der Waals surface area contributed by atoms with Gasteiger partial charge in [0, 0.05) is 25.9 Å². The first-order chi connectivity index (χ1) is 14.0. The van der Waals surface area contributed by atoms with E-state index in [-0.39, 0.29) is 12.6 Å². The van der Waals surface area contributed by atoms with Crippen molar-refractivity contribution in [3.05, 3.63) is 23.8 Å². The molecule has 1 heterocycles. The Morgan fingerprint density at radius 1 is 1.07 bits per heavy atom. The van der Waals surface area contributed by atoms with E-state index in [9.17, 15) is 9.59 Å². The summed E-state index contributed by atoms with van der Waals surface area (Å²) in [4.78, 5) is 24.1. The highest BCUT2D eigenvalue weighted by atomic mass is 16.7. The van der Waals surface area contributed by atoms with Gasteiger partial charge in [0.1, 0.15) is 6.10 Å². The molecule has 1 aliphatic heterocycles. The zero-order valence-corrected chi connectivity index (χ0v) is 17.1. The molecule has 0 bridgehead atoms. The maximum atomic E-state index is 12.0. The number of methoxy groups -OCH3 is 2. The lowest BCUT2D eigenvalue weighted by Crippen LogP contribution is -2.44. The lowest BCUT2D eigenvalue weighted by atomic mass is 9.94. The summed E-state index contributed by atoms with van der Waals surface area (Å²) < 4.78 is 22.3. The van der Waals surface area contributed by atoms with Crippen molar-refractivity contribution in [1.82, 2.24) is 10.6 Å². The van der Waals surface area contributed by atoms with Crippen molar-refractivity contribution >= 4 is 11.8 Å². The van der Waals surface area contributed by atoms with Crippen LogP contribution >= 0.6 is 0 Å². The van der Waals surface area contributed by atoms with Gasteiger partial charge in [0.2, 0.25) is 0 Å². The Hall–Kier alpha value is -2.32. The van der Waals surface area contributed by atoms with E-state index in [4.69, 9.17) is 18.9 Å². The third-order valence-electron chi connectivity index (χ3n) is 5.37. The summed E-state index contributed by atoms with van der Waals surface area (Å²) in [6.07, 6.45) is 5.56. The maximum absolute atomic E-state index is 12.0. The number of amides is 2. The highest BCUT2D eigenvalue weighted by molar-refractivity contribution is 6.35. The van der Waals surface area contributed by atoms with Crippen LogP contribution in [0.2, 0.25) is 0 Å². The minimum atomic E-state index is -0.662. The average Bonchev–Trinajstić information content (AvgIpc) is 3.14. The van der Waals surface area contributed by atoms with Crippen LogP contribution in [0.3, 0.4) is 0 Å². The molecule has 1 aromatic rings. The van der Waals surface area contributed by atoms with Gasteiger partial charge in [0.25, 0.3) is 0 Å². The Balaban J connectivity index is 1.37. The Kier molecular flexibility index (Phi) is 7.33. The third-order valence-corrected chi connectivity index (χ3v) is 5.37. The van der Waals surface area contributed by atoms with Crippen molar-refractivity contribution in [1.29, 1.82) is 0 Å². The molecular formula is C21H30N2O6. The minimum Gasteiger partial charge on any atom is -0.493 e. The molecule has 2 N–H and O–H groups in total. The van der Waals surface area contributed by atoms with Crippen molar-refractivity contribution in [3.63, 3.8) is 0 Å². The highest BCUT2D eigenvalue weighted by Gasteiger charge is 2.42. The second kappa shape index (κ2) is 9.93. The largest absolute Gasteiger partial charge is 0.493 e. The normalized spacial score (nSPS) is 20.3. The smallest absolute Gasteiger partial charge is 0.309 e. The van der Waals surface area contributed by atoms with Crippen LogP contribution in [0.1, 0.15) is 37.7 Å². The molecule has 0 unspecified atom stereocenters. The predicted octanol–water partition coefficient (Wildman–Crippen LogP) is 1.55. The molecule has 0 aromatic heterocycles. The van der Waals surface area contributed by atoms with Crippen molar-refractivity contribution in [2.45, 2.75) is 50.4 Å². The molecule has 1 saturated carbocycles. The SMILES string of the molecule is COc1ccc(CCNC(=O)C(=O)NC[C@H]2COC3(CCCCC3)O2)cc1OC. The molecule has 2 fully saturated rings. The second-order valence-corrected chi connectivity index (χ2v) is 7.43. The van der Waals surface area contributed by atoms with Crippen LogP contribution in [0.15, 0.2) is 18.2 Å². The van der Waals surface area contributed by atoms with Gasteiger partial charge in [-0.2, -0.15) is 0 Å². The zero-order chi connectivity index (χ0) is 20.7. The molecule has 160 valence electrons. The number of hydrogen-bond donors (Lipinski definition) is 2. The monoisotopic (exact) mass is 406 g/mol. The van der Waals surface area contributed by atoms with E-state index in [2.05, 4.69) is 10.6 Å². The van der Waals surface area contributed by atoms with Crippen LogP contribution in [-0.2, 0) is 25.5 Å². The Morgan fingerprint density at radius 2 is 1.79 bits per heavy atom. The van der Waals surface area contributed by atoms with E-state index >= 15 is 0 Å². The van der Waals surface area contributed by atoms with E-state index < -0.39 is 17.6 Å². The Labute approximate surface area is 171 Å². The fraction of sp³-hybridized carbons (Fsp3) is 0.619. The molecule has 1 aromatic carbocycles. The Morgan fingerprint density at radius 3 is 2.52 bits per heavy atom. The number of hydrogen-bond acceptors (Lipinski definition) is 6. The standard InChI is InChI=1S/C21H30N2O6/c1-26-17-7-6-15(12-18(17)27-2)8-11-22-19(24)20(25)23-13-16-14-28-21(29-16)9-4-3-5-10-21/h6-7,12,16H,3-5,8-11,13-14H2,1-2H3,(H,22,24)(H,23,25)/t16-/m0/s1. The van der Waals surface area contributed by atoms with Crippen LogP contribution in [0, 0.1) is 0 Å². The van der Waals surface area contributed by atoms with E-state index in [1.807, 2.05) is 18.2 Å². The van der Waals surface area contributed by atoms with Crippen LogP contribution in [0.25, 0.3) is 0 Å². The van der Waals surface area contributed by atoms with E-state index in [1.54, 1.807) is 14.2 Å². The molecule has 1 saturated heterocycles. The second-order valence-electron chi connectivity index (χ2n) is 7.43. The van der Waals surface area contributed by atoms with Gasteiger partial charge in [0.05, 0.1) is 20.8 Å². The number of carbonyl (C=O) groups is 2. The molecule has 1 spiro atoms. The Bertz CT molecular complexity index is 717. The highest BCUT2D eigenvalue weighted by Crippen LogP contribution is 2.37. The lowest BCUT2D eigenvalue weighted by Gasteiger charge is -2.31.